The first kappa shape index (κ1) is 47.3. The topological polar surface area (TPSA) is 325 Å². The molecule has 0 aliphatic carbocycles. The number of aromatic nitrogens is 1. The Morgan fingerprint density at radius 3 is 2.06 bits per heavy atom. The molecular formula is C40H51N13O8S. The summed E-state index contributed by atoms with van der Waals surface area (Å²) >= 11 is 5.27. The first-order chi connectivity index (χ1) is 29.8. The summed E-state index contributed by atoms with van der Waals surface area (Å²) in [5.74, 6) is -5.71. The number of guanidine groups is 1. The zero-order chi connectivity index (χ0) is 44.9. The van der Waals surface area contributed by atoms with E-state index in [9.17, 15) is 38.7 Å². The maximum Gasteiger partial charge on any atom is 0.305 e. The average molecular weight is 874 g/mol. The van der Waals surface area contributed by atoms with Gasteiger partial charge in [-0.2, -0.15) is 0 Å². The van der Waals surface area contributed by atoms with Gasteiger partial charge in [0, 0.05) is 31.4 Å². The number of carboxylic acid groups (broad SMARTS) is 1. The van der Waals surface area contributed by atoms with Gasteiger partial charge in [-0.1, -0.05) is 48.5 Å². The van der Waals surface area contributed by atoms with Crippen molar-refractivity contribution in [1.82, 2.24) is 42.3 Å². The highest BCUT2D eigenvalue weighted by Crippen LogP contribution is 2.11. The maximum absolute atomic E-state index is 14.0. The fourth-order valence-corrected chi connectivity index (χ4v) is 6.19. The SMILES string of the molecule is NC(N)=NCCC[C@@H]1NC(=O)[C@H](CCCCNC(=O)c2ccc(NNC(=S)Nc3ccccc3)nc2)NC(=O)[C@@H](Cc2ccccc2)NC(=O)[C@H](CC(=O)O)NC(=O)CNC1=O. The van der Waals surface area contributed by atoms with Crippen LogP contribution in [0.1, 0.15) is 54.4 Å². The summed E-state index contributed by atoms with van der Waals surface area (Å²) in [7, 11) is 0. The Morgan fingerprint density at radius 2 is 1.40 bits per heavy atom. The summed E-state index contributed by atoms with van der Waals surface area (Å²) < 4.78 is 0. The van der Waals surface area contributed by atoms with Gasteiger partial charge >= 0.3 is 5.97 Å². The number of carboxylic acids is 1. The van der Waals surface area contributed by atoms with E-state index in [0.29, 0.717) is 29.3 Å². The van der Waals surface area contributed by atoms with Crippen molar-refractivity contribution in [2.24, 2.45) is 16.5 Å². The van der Waals surface area contributed by atoms with E-state index in [1.54, 1.807) is 42.5 Å². The molecule has 3 aromatic rings. The number of benzene rings is 2. The molecule has 1 fully saturated rings. The van der Waals surface area contributed by atoms with Crippen LogP contribution in [0.2, 0.25) is 0 Å². The molecule has 14 N–H and O–H groups in total. The second kappa shape index (κ2) is 24.7. The molecule has 1 aromatic heterocycles. The number of para-hydroxylation sites is 1. The fraction of sp³-hybridized carbons (Fsp3) is 0.350. The molecule has 0 bridgehead atoms. The number of anilines is 2. The zero-order valence-electron chi connectivity index (χ0n) is 33.6. The number of carbonyl (C=O) groups excluding carboxylic acids is 6. The van der Waals surface area contributed by atoms with Crippen LogP contribution >= 0.6 is 12.2 Å². The highest BCUT2D eigenvalue weighted by molar-refractivity contribution is 7.80. The van der Waals surface area contributed by atoms with E-state index in [1.807, 2.05) is 30.3 Å². The number of hydrogen-bond acceptors (Lipinski definition) is 11. The van der Waals surface area contributed by atoms with E-state index in [2.05, 4.69) is 58.0 Å². The zero-order valence-corrected chi connectivity index (χ0v) is 34.5. The smallest absolute Gasteiger partial charge is 0.305 e. The molecule has 2 heterocycles. The van der Waals surface area contributed by atoms with E-state index in [1.165, 1.54) is 6.20 Å². The molecule has 4 rings (SSSR count). The second-order valence-corrected chi connectivity index (χ2v) is 14.4. The molecule has 1 aliphatic heterocycles. The number of nitrogens with one attached hydrogen (secondary N) is 9. The maximum atomic E-state index is 14.0. The first-order valence-electron chi connectivity index (χ1n) is 19.7. The van der Waals surface area contributed by atoms with Gasteiger partial charge in [0.2, 0.25) is 29.5 Å². The molecule has 1 aliphatic rings. The monoisotopic (exact) mass is 873 g/mol. The summed E-state index contributed by atoms with van der Waals surface area (Å²) in [6, 6.07) is 15.8. The van der Waals surface area contributed by atoms with Crippen LogP contribution in [0, 0.1) is 0 Å². The summed E-state index contributed by atoms with van der Waals surface area (Å²) in [4.78, 5) is 100. The van der Waals surface area contributed by atoms with Crippen LogP contribution in [-0.2, 0) is 35.2 Å². The van der Waals surface area contributed by atoms with Crippen molar-refractivity contribution in [2.75, 3.05) is 30.4 Å². The average Bonchev–Trinajstić information content (AvgIpc) is 3.25. The van der Waals surface area contributed by atoms with Crippen LogP contribution in [0.15, 0.2) is 84.0 Å². The second-order valence-electron chi connectivity index (χ2n) is 14.0. The largest absolute Gasteiger partial charge is 0.481 e. The van der Waals surface area contributed by atoms with Crippen LogP contribution < -0.4 is 59.5 Å². The highest BCUT2D eigenvalue weighted by Gasteiger charge is 2.33. The Hall–Kier alpha value is -7.36. The van der Waals surface area contributed by atoms with Gasteiger partial charge in [0.05, 0.1) is 18.5 Å². The van der Waals surface area contributed by atoms with Crippen molar-refractivity contribution in [3.05, 3.63) is 90.1 Å². The number of unbranched alkanes of at least 4 members (excludes halogenated alkanes) is 1. The Kier molecular flexibility index (Phi) is 18.8. The number of aliphatic imine (C=N–C) groups is 1. The Balaban J connectivity index is 1.44. The predicted octanol–water partition coefficient (Wildman–Crippen LogP) is -0.865. The van der Waals surface area contributed by atoms with Gasteiger partial charge in [0.15, 0.2) is 11.1 Å². The van der Waals surface area contributed by atoms with E-state index in [-0.39, 0.29) is 50.3 Å². The summed E-state index contributed by atoms with van der Waals surface area (Å²) in [5, 5.41) is 28.2. The molecule has 0 radical (unpaired) electrons. The van der Waals surface area contributed by atoms with Crippen molar-refractivity contribution < 1.29 is 38.7 Å². The van der Waals surface area contributed by atoms with Crippen LogP contribution in [0.4, 0.5) is 11.5 Å². The standard InChI is InChI=1S/C40H51N13O8S/c41-39(42)44-19-9-15-27-35(58)46-23-32(54)48-30(21-33(55)56)38(61)51-29(20-24-10-3-1-4-11-24)37(60)50-28(36(59)49-27)14-7-8-18-43-34(57)25-16-17-31(45-22-25)52-53-40(62)47-26-12-5-2-6-13-26/h1-6,10-13,16-17,22,27-30H,7-9,14-15,18-21,23H2,(H,43,57)(H,45,52)(H,46,58)(H,48,54)(H,49,59)(H,50,60)(H,51,61)(H,55,56)(H4,41,42,44)(H2,47,53,62)/t27-,28-,29+,30-/m0/s1. The Morgan fingerprint density at radius 1 is 0.774 bits per heavy atom. The summed E-state index contributed by atoms with van der Waals surface area (Å²) in [6.07, 6.45) is 1.49. The van der Waals surface area contributed by atoms with Crippen molar-refractivity contribution in [1.29, 1.82) is 0 Å². The molecule has 6 amide bonds. The quantitative estimate of drug-likeness (QED) is 0.0258. The third-order valence-corrected chi connectivity index (χ3v) is 9.35. The van der Waals surface area contributed by atoms with E-state index in [0.717, 1.165) is 5.69 Å². The number of hydrogen-bond donors (Lipinski definition) is 12. The van der Waals surface area contributed by atoms with Gasteiger partial charge in [0.25, 0.3) is 5.91 Å². The molecule has 21 nitrogen and oxygen atoms in total. The van der Waals surface area contributed by atoms with Gasteiger partial charge in [-0.25, -0.2) is 4.98 Å². The third kappa shape index (κ3) is 16.7. The minimum atomic E-state index is -1.61. The molecular weight excluding hydrogens is 823 g/mol. The lowest BCUT2D eigenvalue weighted by Crippen LogP contribution is -2.58. The Bertz CT molecular complexity index is 2060. The number of thiocarbonyl (C=S) groups is 1. The fourth-order valence-electron chi connectivity index (χ4n) is 6.02. The number of carbonyl (C=O) groups is 7. The minimum Gasteiger partial charge on any atom is -0.481 e. The Labute approximate surface area is 362 Å². The first-order valence-corrected chi connectivity index (χ1v) is 20.1. The molecule has 2 aromatic carbocycles. The van der Waals surface area contributed by atoms with Crippen LogP contribution in [-0.4, -0.2) is 106 Å². The van der Waals surface area contributed by atoms with Crippen molar-refractivity contribution in [3.63, 3.8) is 0 Å². The van der Waals surface area contributed by atoms with Crippen molar-refractivity contribution in [3.8, 4) is 0 Å². The molecule has 4 atom stereocenters. The molecule has 0 spiro atoms. The number of hydrazine groups is 1. The number of aliphatic carboxylic acids is 1. The van der Waals surface area contributed by atoms with Crippen molar-refractivity contribution in [2.45, 2.75) is 69.1 Å². The van der Waals surface area contributed by atoms with Gasteiger partial charge in [-0.3, -0.25) is 49.4 Å². The molecule has 330 valence electrons. The highest BCUT2D eigenvalue weighted by atomic mass is 32.1. The lowest BCUT2D eigenvalue weighted by Gasteiger charge is -2.26. The van der Waals surface area contributed by atoms with Gasteiger partial charge in [0.1, 0.15) is 30.0 Å². The van der Waals surface area contributed by atoms with Crippen molar-refractivity contribution >= 4 is 76.2 Å². The number of nitrogens with zero attached hydrogens (tertiary/aromatic N) is 2. The lowest BCUT2D eigenvalue weighted by atomic mass is 10.0. The number of amides is 6. The minimum absolute atomic E-state index is 0.0301. The lowest BCUT2D eigenvalue weighted by molar-refractivity contribution is -0.141. The number of pyridine rings is 1. The summed E-state index contributed by atoms with van der Waals surface area (Å²) in [5.41, 5.74) is 18.2. The number of nitrogens with two attached hydrogens (primary N) is 2. The third-order valence-electron chi connectivity index (χ3n) is 9.15. The molecule has 1 saturated heterocycles. The molecule has 0 unspecified atom stereocenters. The molecule has 0 saturated carbocycles. The van der Waals surface area contributed by atoms with E-state index >= 15 is 0 Å². The predicted molar refractivity (Wildman–Crippen MR) is 233 cm³/mol. The van der Waals surface area contributed by atoms with Crippen LogP contribution in [0.25, 0.3) is 0 Å². The molecule has 62 heavy (non-hydrogen) atoms. The molecule has 22 heteroatoms. The van der Waals surface area contributed by atoms with E-state index in [4.69, 9.17) is 23.7 Å². The van der Waals surface area contributed by atoms with E-state index < -0.39 is 78.5 Å². The summed E-state index contributed by atoms with van der Waals surface area (Å²) in [6.45, 7) is -0.343. The van der Waals surface area contributed by atoms with Gasteiger partial charge in [-0.05, 0) is 74.2 Å². The van der Waals surface area contributed by atoms with Crippen LogP contribution in [0.3, 0.4) is 0 Å². The van der Waals surface area contributed by atoms with Gasteiger partial charge in [-0.15, -0.1) is 0 Å². The normalized spacial score (nSPS) is 18.4. The number of rotatable bonds is 17. The van der Waals surface area contributed by atoms with Crippen LogP contribution in [0.5, 0.6) is 0 Å². The van der Waals surface area contributed by atoms with Gasteiger partial charge < -0.3 is 53.8 Å².